The summed E-state index contributed by atoms with van der Waals surface area (Å²) in [6.45, 7) is 1.97. The van der Waals surface area contributed by atoms with Gasteiger partial charge >= 0.3 is 6.16 Å². The van der Waals surface area contributed by atoms with Crippen LogP contribution in [-0.2, 0) is 31.8 Å². The molecule has 2 unspecified atom stereocenters. The van der Waals surface area contributed by atoms with E-state index in [0.717, 1.165) is 11.1 Å². The van der Waals surface area contributed by atoms with Crippen molar-refractivity contribution in [3.05, 3.63) is 71.8 Å². The average Bonchev–Trinajstić information content (AvgIpc) is 2.74. The summed E-state index contributed by atoms with van der Waals surface area (Å²) < 4.78 is 23.2. The summed E-state index contributed by atoms with van der Waals surface area (Å²) in [5.74, 6) is 0. The second-order valence-electron chi connectivity index (χ2n) is 8.03. The fraction of sp³-hybridized carbons (Fsp3) is 0.478. The van der Waals surface area contributed by atoms with Gasteiger partial charge in [0.25, 0.3) is 0 Å². The molecule has 0 saturated carbocycles. The Morgan fingerprint density at radius 3 is 1.86 bits per heavy atom. The van der Waals surface area contributed by atoms with E-state index in [4.69, 9.17) is 18.9 Å². The van der Waals surface area contributed by atoms with Crippen LogP contribution >= 0.6 is 0 Å². The Morgan fingerprint density at radius 1 is 0.793 bits per heavy atom. The zero-order chi connectivity index (χ0) is 20.4. The van der Waals surface area contributed by atoms with E-state index >= 15 is 0 Å². The zero-order valence-electron chi connectivity index (χ0n) is 16.6. The summed E-state index contributed by atoms with van der Waals surface area (Å²) in [5.41, 5.74) is -0.364. The quantitative estimate of drug-likeness (QED) is 0.803. The molecule has 0 bridgehead atoms. The zero-order valence-corrected chi connectivity index (χ0v) is 16.6. The summed E-state index contributed by atoms with van der Waals surface area (Å²) in [6, 6.07) is 19.4. The van der Waals surface area contributed by atoms with Gasteiger partial charge in [0.15, 0.2) is 0 Å². The standard InChI is InChI=1S/C23H28O6/c1-2-20-22(25,14-19-11-7-4-8-12-19)17-28-23(29-20)26-15-21(24,16-27-23)13-18-9-5-3-6-10-18/h3-12,20,24-25H,2,13-17H2,1H3. The molecule has 2 heterocycles. The van der Waals surface area contributed by atoms with Crippen molar-refractivity contribution in [3.8, 4) is 0 Å². The molecule has 0 aromatic heterocycles. The fourth-order valence-corrected chi connectivity index (χ4v) is 3.96. The van der Waals surface area contributed by atoms with Crippen molar-refractivity contribution >= 4 is 0 Å². The van der Waals surface area contributed by atoms with E-state index in [2.05, 4.69) is 0 Å². The summed E-state index contributed by atoms with van der Waals surface area (Å²) >= 11 is 0. The largest absolute Gasteiger partial charge is 0.413 e. The van der Waals surface area contributed by atoms with Crippen molar-refractivity contribution in [2.24, 2.45) is 0 Å². The molecule has 1 spiro atoms. The molecule has 4 rings (SSSR count). The molecule has 6 heteroatoms. The lowest BCUT2D eigenvalue weighted by atomic mass is 9.87. The van der Waals surface area contributed by atoms with E-state index in [0.29, 0.717) is 19.3 Å². The van der Waals surface area contributed by atoms with Crippen molar-refractivity contribution in [3.63, 3.8) is 0 Å². The molecule has 2 aliphatic heterocycles. The van der Waals surface area contributed by atoms with Crippen molar-refractivity contribution in [1.29, 1.82) is 0 Å². The van der Waals surface area contributed by atoms with E-state index in [-0.39, 0.29) is 19.8 Å². The second kappa shape index (κ2) is 8.14. The molecule has 0 radical (unpaired) electrons. The lowest BCUT2D eigenvalue weighted by Gasteiger charge is -2.50. The highest BCUT2D eigenvalue weighted by molar-refractivity contribution is 5.19. The Labute approximate surface area is 171 Å². The molecule has 2 N–H and O–H groups in total. The van der Waals surface area contributed by atoms with Crippen LogP contribution in [0.2, 0.25) is 0 Å². The molecule has 29 heavy (non-hydrogen) atoms. The topological polar surface area (TPSA) is 77.4 Å². The summed E-state index contributed by atoms with van der Waals surface area (Å²) in [6.07, 6.45) is -0.849. The first kappa shape index (κ1) is 20.5. The first-order chi connectivity index (χ1) is 13.9. The molecule has 2 aromatic rings. The number of ether oxygens (including phenoxy) is 4. The van der Waals surface area contributed by atoms with Crippen LogP contribution in [0.15, 0.2) is 60.7 Å². The number of benzene rings is 2. The predicted molar refractivity (Wildman–Crippen MR) is 106 cm³/mol. The highest BCUT2D eigenvalue weighted by Gasteiger charge is 2.55. The van der Waals surface area contributed by atoms with E-state index in [1.54, 1.807) is 0 Å². The molecular weight excluding hydrogens is 372 g/mol. The van der Waals surface area contributed by atoms with Crippen LogP contribution in [0.1, 0.15) is 24.5 Å². The molecule has 0 aliphatic carbocycles. The van der Waals surface area contributed by atoms with Crippen molar-refractivity contribution in [2.45, 2.75) is 49.7 Å². The van der Waals surface area contributed by atoms with Gasteiger partial charge in [-0.2, -0.15) is 0 Å². The second-order valence-corrected chi connectivity index (χ2v) is 8.03. The minimum absolute atomic E-state index is 0.00937. The van der Waals surface area contributed by atoms with Gasteiger partial charge in [0, 0.05) is 12.8 Å². The molecule has 0 amide bonds. The van der Waals surface area contributed by atoms with Gasteiger partial charge in [0.05, 0.1) is 25.9 Å². The van der Waals surface area contributed by atoms with Gasteiger partial charge < -0.3 is 24.4 Å². The number of aliphatic hydroxyl groups is 2. The maximum atomic E-state index is 11.2. The molecule has 156 valence electrons. The maximum Gasteiger partial charge on any atom is 0.413 e. The highest BCUT2D eigenvalue weighted by atomic mass is 17.0. The third-order valence-electron chi connectivity index (χ3n) is 5.52. The highest BCUT2D eigenvalue weighted by Crippen LogP contribution is 2.38. The summed E-state index contributed by atoms with van der Waals surface area (Å²) in [7, 11) is 0. The van der Waals surface area contributed by atoms with Crippen LogP contribution < -0.4 is 0 Å². The van der Waals surface area contributed by atoms with E-state index in [9.17, 15) is 10.2 Å². The van der Waals surface area contributed by atoms with Gasteiger partial charge in [-0.1, -0.05) is 67.6 Å². The van der Waals surface area contributed by atoms with Crippen molar-refractivity contribution in [2.75, 3.05) is 19.8 Å². The fourth-order valence-electron chi connectivity index (χ4n) is 3.96. The van der Waals surface area contributed by atoms with Crippen molar-refractivity contribution in [1.82, 2.24) is 0 Å². The Morgan fingerprint density at radius 2 is 1.31 bits per heavy atom. The molecule has 6 nitrogen and oxygen atoms in total. The molecule has 2 aliphatic rings. The van der Waals surface area contributed by atoms with Gasteiger partial charge in [-0.3, -0.25) is 4.74 Å². The minimum atomic E-state index is -1.69. The Bertz CT molecular complexity index is 782. The summed E-state index contributed by atoms with van der Waals surface area (Å²) in [5, 5.41) is 22.0. The Kier molecular flexibility index (Phi) is 5.75. The van der Waals surface area contributed by atoms with E-state index in [1.165, 1.54) is 0 Å². The molecule has 2 aromatic carbocycles. The maximum absolute atomic E-state index is 11.2. The average molecular weight is 400 g/mol. The van der Waals surface area contributed by atoms with E-state index < -0.39 is 23.5 Å². The van der Waals surface area contributed by atoms with Crippen molar-refractivity contribution < 1.29 is 29.2 Å². The lowest BCUT2D eigenvalue weighted by molar-refractivity contribution is -0.562. The normalized spacial score (nSPS) is 34.9. The first-order valence-electron chi connectivity index (χ1n) is 10.1. The third kappa shape index (κ3) is 4.53. The number of hydrogen-bond acceptors (Lipinski definition) is 6. The van der Waals surface area contributed by atoms with Crippen LogP contribution in [0, 0.1) is 0 Å². The summed E-state index contributed by atoms with van der Waals surface area (Å²) in [4.78, 5) is 0. The molecule has 2 fully saturated rings. The van der Waals surface area contributed by atoms with Gasteiger partial charge in [-0.15, -0.1) is 0 Å². The Hall–Kier alpha value is -1.80. The van der Waals surface area contributed by atoms with Gasteiger partial charge in [0.1, 0.15) is 11.2 Å². The molecule has 2 atom stereocenters. The van der Waals surface area contributed by atoms with Gasteiger partial charge in [-0.25, -0.2) is 0 Å². The van der Waals surface area contributed by atoms with Crippen LogP contribution in [-0.4, -0.2) is 53.5 Å². The monoisotopic (exact) mass is 400 g/mol. The molecule has 2 saturated heterocycles. The van der Waals surface area contributed by atoms with E-state index in [1.807, 2.05) is 67.6 Å². The van der Waals surface area contributed by atoms with Gasteiger partial charge in [-0.05, 0) is 17.5 Å². The number of rotatable bonds is 5. The first-order valence-corrected chi connectivity index (χ1v) is 10.1. The minimum Gasteiger partial charge on any atom is -0.385 e. The van der Waals surface area contributed by atoms with Crippen LogP contribution in [0.3, 0.4) is 0 Å². The molecular formula is C23H28O6. The third-order valence-corrected chi connectivity index (χ3v) is 5.52. The van der Waals surface area contributed by atoms with Gasteiger partial charge in [0.2, 0.25) is 0 Å². The van der Waals surface area contributed by atoms with Crippen LogP contribution in [0.5, 0.6) is 0 Å². The predicted octanol–water partition coefficient (Wildman–Crippen LogP) is 2.42. The lowest BCUT2D eigenvalue weighted by Crippen LogP contribution is -2.66. The number of hydrogen-bond donors (Lipinski definition) is 2. The smallest absolute Gasteiger partial charge is 0.385 e. The van der Waals surface area contributed by atoms with Crippen LogP contribution in [0.4, 0.5) is 0 Å². The Balaban J connectivity index is 1.41. The van der Waals surface area contributed by atoms with Crippen LogP contribution in [0.25, 0.3) is 0 Å². The SMILES string of the molecule is CCC1OC2(OCC(O)(Cc3ccccc3)CO2)OCC1(O)Cc1ccccc1.